The number of hydrogen-bond donors (Lipinski definition) is 1. The van der Waals surface area contributed by atoms with Crippen LogP contribution >= 0.6 is 11.3 Å². The van der Waals surface area contributed by atoms with Gasteiger partial charge in [-0.2, -0.15) is 11.3 Å². The molecule has 0 spiro atoms. The first kappa shape index (κ1) is 14.7. The molecule has 2 N–H and O–H groups in total. The van der Waals surface area contributed by atoms with Crippen LogP contribution in [0.2, 0.25) is 0 Å². The van der Waals surface area contributed by atoms with Gasteiger partial charge in [-0.15, -0.1) is 0 Å². The van der Waals surface area contributed by atoms with E-state index in [1.165, 1.54) is 24.9 Å². The first-order chi connectivity index (χ1) is 8.08. The zero-order chi connectivity index (χ0) is 12.7. The zero-order valence-corrected chi connectivity index (χ0v) is 12.2. The van der Waals surface area contributed by atoms with Gasteiger partial charge < -0.3 is 10.6 Å². The summed E-state index contributed by atoms with van der Waals surface area (Å²) in [4.78, 5) is 2.42. The van der Waals surface area contributed by atoms with Gasteiger partial charge in [0.1, 0.15) is 0 Å². The summed E-state index contributed by atoms with van der Waals surface area (Å²) in [5.74, 6) is 0.761. The largest absolute Gasteiger partial charge is 0.328 e. The van der Waals surface area contributed by atoms with Gasteiger partial charge in [0.15, 0.2) is 0 Å². The Bertz CT molecular complexity index is 282. The molecule has 0 fully saturated rings. The van der Waals surface area contributed by atoms with Crippen molar-refractivity contribution in [1.29, 1.82) is 0 Å². The zero-order valence-electron chi connectivity index (χ0n) is 11.4. The molecule has 0 aliphatic carbocycles. The molecule has 1 rings (SSSR count). The maximum atomic E-state index is 5.76. The molecular formula is C14H26N2S. The lowest BCUT2D eigenvalue weighted by molar-refractivity contribution is 0.267. The highest BCUT2D eigenvalue weighted by Crippen LogP contribution is 2.13. The predicted octanol–water partition coefficient (Wildman–Crippen LogP) is 3.33. The fraction of sp³-hybridized carbons (Fsp3) is 0.714. The van der Waals surface area contributed by atoms with Crippen molar-refractivity contribution in [2.24, 2.45) is 11.7 Å². The van der Waals surface area contributed by atoms with Gasteiger partial charge in [0, 0.05) is 19.1 Å². The lowest BCUT2D eigenvalue weighted by atomic mass is 10.0. The van der Waals surface area contributed by atoms with Crippen molar-refractivity contribution >= 4 is 11.3 Å². The minimum atomic E-state index is 0.353. The van der Waals surface area contributed by atoms with E-state index >= 15 is 0 Å². The molecule has 0 saturated carbocycles. The van der Waals surface area contributed by atoms with Crippen molar-refractivity contribution in [2.75, 3.05) is 13.6 Å². The third kappa shape index (κ3) is 6.81. The van der Waals surface area contributed by atoms with Crippen LogP contribution in [-0.4, -0.2) is 24.5 Å². The van der Waals surface area contributed by atoms with Gasteiger partial charge in [0.2, 0.25) is 0 Å². The van der Waals surface area contributed by atoms with Crippen LogP contribution in [0.5, 0.6) is 0 Å². The van der Waals surface area contributed by atoms with Crippen LogP contribution in [-0.2, 0) is 6.54 Å². The Morgan fingerprint density at radius 3 is 2.71 bits per heavy atom. The minimum absolute atomic E-state index is 0.353. The van der Waals surface area contributed by atoms with Crippen LogP contribution in [0.3, 0.4) is 0 Å². The van der Waals surface area contributed by atoms with E-state index in [4.69, 9.17) is 5.73 Å². The Labute approximate surface area is 110 Å². The molecule has 2 unspecified atom stereocenters. The van der Waals surface area contributed by atoms with E-state index in [2.05, 4.69) is 42.6 Å². The molecule has 1 aromatic heterocycles. The Morgan fingerprint density at radius 2 is 2.12 bits per heavy atom. The van der Waals surface area contributed by atoms with E-state index < -0.39 is 0 Å². The van der Waals surface area contributed by atoms with E-state index in [0.29, 0.717) is 6.04 Å². The van der Waals surface area contributed by atoms with Crippen molar-refractivity contribution in [3.8, 4) is 0 Å². The first-order valence-corrected chi connectivity index (χ1v) is 7.47. The Morgan fingerprint density at radius 1 is 1.35 bits per heavy atom. The van der Waals surface area contributed by atoms with Gasteiger partial charge in [0.05, 0.1) is 0 Å². The summed E-state index contributed by atoms with van der Waals surface area (Å²) >= 11 is 1.78. The molecule has 0 bridgehead atoms. The molecule has 17 heavy (non-hydrogen) atoms. The standard InChI is InChI=1S/C14H26N2S/c1-12(5-4-6-13(2)15)9-16(3)10-14-7-8-17-11-14/h7-8,11-13H,4-6,9-10,15H2,1-3H3. The summed E-state index contributed by atoms with van der Waals surface area (Å²) in [5.41, 5.74) is 7.19. The molecule has 0 aliphatic heterocycles. The quantitative estimate of drug-likeness (QED) is 0.771. The fourth-order valence-electron chi connectivity index (χ4n) is 2.17. The monoisotopic (exact) mass is 254 g/mol. The van der Waals surface area contributed by atoms with Crippen molar-refractivity contribution in [2.45, 2.75) is 45.7 Å². The second kappa shape index (κ2) is 7.85. The number of hydrogen-bond acceptors (Lipinski definition) is 3. The van der Waals surface area contributed by atoms with Gasteiger partial charge >= 0.3 is 0 Å². The lowest BCUT2D eigenvalue weighted by Crippen LogP contribution is -2.24. The van der Waals surface area contributed by atoms with Gasteiger partial charge in [0.25, 0.3) is 0 Å². The lowest BCUT2D eigenvalue weighted by Gasteiger charge is -2.21. The molecule has 0 saturated heterocycles. The molecule has 0 aromatic carbocycles. The van der Waals surface area contributed by atoms with Gasteiger partial charge in [-0.3, -0.25) is 0 Å². The van der Waals surface area contributed by atoms with Crippen LogP contribution in [0.15, 0.2) is 16.8 Å². The van der Waals surface area contributed by atoms with Crippen molar-refractivity contribution in [1.82, 2.24) is 4.90 Å². The molecule has 1 heterocycles. The van der Waals surface area contributed by atoms with E-state index in [1.54, 1.807) is 11.3 Å². The van der Waals surface area contributed by atoms with Crippen LogP contribution in [0.1, 0.15) is 38.7 Å². The number of rotatable bonds is 8. The van der Waals surface area contributed by atoms with E-state index in [-0.39, 0.29) is 0 Å². The van der Waals surface area contributed by atoms with E-state index in [1.807, 2.05) is 0 Å². The van der Waals surface area contributed by atoms with Crippen LogP contribution in [0.25, 0.3) is 0 Å². The third-order valence-corrected chi connectivity index (χ3v) is 3.74. The second-order valence-electron chi connectivity index (χ2n) is 5.34. The van der Waals surface area contributed by atoms with Crippen LogP contribution in [0, 0.1) is 5.92 Å². The Balaban J connectivity index is 2.14. The summed E-state index contributed by atoms with van der Waals surface area (Å²) in [7, 11) is 2.21. The third-order valence-electron chi connectivity index (χ3n) is 3.01. The van der Waals surface area contributed by atoms with Crippen molar-refractivity contribution in [3.63, 3.8) is 0 Å². The molecule has 0 aliphatic rings. The molecule has 1 aromatic rings. The molecular weight excluding hydrogens is 228 g/mol. The molecule has 3 heteroatoms. The summed E-state index contributed by atoms with van der Waals surface area (Å²) < 4.78 is 0. The maximum Gasteiger partial charge on any atom is 0.0239 e. The average Bonchev–Trinajstić information content (AvgIpc) is 2.69. The number of thiophene rings is 1. The molecule has 0 radical (unpaired) electrons. The van der Waals surface area contributed by atoms with Crippen LogP contribution < -0.4 is 5.73 Å². The highest BCUT2D eigenvalue weighted by molar-refractivity contribution is 7.07. The second-order valence-corrected chi connectivity index (χ2v) is 6.12. The normalized spacial score (nSPS) is 15.1. The highest BCUT2D eigenvalue weighted by atomic mass is 32.1. The average molecular weight is 254 g/mol. The maximum absolute atomic E-state index is 5.76. The predicted molar refractivity (Wildman–Crippen MR) is 77.3 cm³/mol. The van der Waals surface area contributed by atoms with Gasteiger partial charge in [-0.25, -0.2) is 0 Å². The highest BCUT2D eigenvalue weighted by Gasteiger charge is 2.07. The summed E-state index contributed by atoms with van der Waals surface area (Å²) in [6, 6.07) is 2.56. The molecule has 2 nitrogen and oxygen atoms in total. The summed E-state index contributed by atoms with van der Waals surface area (Å²) in [6.45, 7) is 6.68. The SMILES string of the molecule is CC(N)CCCC(C)CN(C)Cc1ccsc1. The first-order valence-electron chi connectivity index (χ1n) is 6.53. The molecule has 0 amide bonds. The van der Waals surface area contributed by atoms with Gasteiger partial charge in [-0.05, 0) is 55.1 Å². The molecule has 2 atom stereocenters. The topological polar surface area (TPSA) is 29.3 Å². The van der Waals surface area contributed by atoms with E-state index in [0.717, 1.165) is 18.9 Å². The van der Waals surface area contributed by atoms with Gasteiger partial charge in [-0.1, -0.05) is 13.3 Å². The number of nitrogens with zero attached hydrogens (tertiary/aromatic N) is 1. The Kier molecular flexibility index (Phi) is 6.78. The van der Waals surface area contributed by atoms with E-state index in [9.17, 15) is 0 Å². The van der Waals surface area contributed by atoms with Crippen molar-refractivity contribution < 1.29 is 0 Å². The number of nitrogens with two attached hydrogens (primary N) is 1. The van der Waals surface area contributed by atoms with Crippen LogP contribution in [0.4, 0.5) is 0 Å². The van der Waals surface area contributed by atoms with Crippen molar-refractivity contribution in [3.05, 3.63) is 22.4 Å². The smallest absolute Gasteiger partial charge is 0.0239 e. The minimum Gasteiger partial charge on any atom is -0.328 e. The summed E-state index contributed by atoms with van der Waals surface area (Å²) in [6.07, 6.45) is 3.69. The Hall–Kier alpha value is -0.380. The summed E-state index contributed by atoms with van der Waals surface area (Å²) in [5, 5.41) is 4.38. The fourth-order valence-corrected chi connectivity index (χ4v) is 2.83. The molecule has 98 valence electrons.